The van der Waals surface area contributed by atoms with Crippen molar-refractivity contribution in [2.24, 2.45) is 0 Å². The molecule has 0 saturated carbocycles. The number of aromatic nitrogens is 1. The molecule has 3 rings (SSSR count). The van der Waals surface area contributed by atoms with Gasteiger partial charge in [-0.05, 0) is 18.6 Å². The number of H-pyrrole nitrogens is 1. The number of carbonyl (C=O) groups excluding carboxylic acids is 1. The number of hydrogen-bond donors (Lipinski definition) is 1. The van der Waals surface area contributed by atoms with Gasteiger partial charge in [0.2, 0.25) is 0 Å². The van der Waals surface area contributed by atoms with Crippen molar-refractivity contribution >= 4 is 38.6 Å². The number of aryl methyl sites for hydroxylation is 1. The molecule has 0 fully saturated rings. The second-order valence-electron chi connectivity index (χ2n) is 3.91. The number of carbonyl (C=O) groups is 1. The summed E-state index contributed by atoms with van der Waals surface area (Å²) in [7, 11) is 0. The average molecular weight is 243 g/mol. The van der Waals surface area contributed by atoms with Crippen LogP contribution in [0.5, 0.6) is 0 Å². The first-order chi connectivity index (χ1) is 8.22. The molecule has 2 aromatic heterocycles. The minimum atomic E-state index is -0.105. The van der Waals surface area contributed by atoms with E-state index in [2.05, 4.69) is 4.98 Å². The lowest BCUT2D eigenvalue weighted by Crippen LogP contribution is -2.05. The molecule has 0 aliphatic heterocycles. The molecular weight excluding hydrogens is 234 g/mol. The summed E-state index contributed by atoms with van der Waals surface area (Å²) in [6.45, 7) is 1.85. The number of nitrogens with one attached hydrogen (secondary N) is 1. The van der Waals surface area contributed by atoms with E-state index in [4.69, 9.17) is 0 Å². The zero-order chi connectivity index (χ0) is 12.0. The lowest BCUT2D eigenvalue weighted by molar-refractivity contribution is 0.112. The molecule has 3 nitrogen and oxygen atoms in total. The van der Waals surface area contributed by atoms with Gasteiger partial charge in [-0.3, -0.25) is 9.59 Å². The van der Waals surface area contributed by atoms with E-state index in [1.807, 2.05) is 25.1 Å². The molecule has 1 N–H and O–H groups in total. The van der Waals surface area contributed by atoms with Crippen LogP contribution in [0.2, 0.25) is 0 Å². The summed E-state index contributed by atoms with van der Waals surface area (Å²) in [4.78, 5) is 26.4. The predicted molar refractivity (Wildman–Crippen MR) is 70.1 cm³/mol. The molecule has 0 amide bonds. The third-order valence-electron chi connectivity index (χ3n) is 2.95. The van der Waals surface area contributed by atoms with Gasteiger partial charge in [0.05, 0.1) is 15.1 Å². The van der Waals surface area contributed by atoms with Crippen molar-refractivity contribution in [3.63, 3.8) is 0 Å². The molecule has 0 aliphatic carbocycles. The van der Waals surface area contributed by atoms with E-state index in [0.717, 1.165) is 27.5 Å². The van der Waals surface area contributed by atoms with Crippen LogP contribution >= 0.6 is 11.3 Å². The molecule has 2 heterocycles. The fraction of sp³-hybridized carbons (Fsp3) is 0.0769. The lowest BCUT2D eigenvalue weighted by atomic mass is 10.1. The van der Waals surface area contributed by atoms with E-state index in [1.54, 1.807) is 6.07 Å². The maximum atomic E-state index is 11.9. The van der Waals surface area contributed by atoms with Gasteiger partial charge in [0, 0.05) is 10.8 Å². The smallest absolute Gasteiger partial charge is 0.256 e. The summed E-state index contributed by atoms with van der Waals surface area (Å²) in [5.41, 5.74) is 1.52. The number of hydrogen-bond acceptors (Lipinski definition) is 3. The molecule has 17 heavy (non-hydrogen) atoms. The molecule has 84 valence electrons. The van der Waals surface area contributed by atoms with Gasteiger partial charge in [-0.15, -0.1) is 11.3 Å². The fourth-order valence-electron chi connectivity index (χ4n) is 2.04. The van der Waals surface area contributed by atoms with Gasteiger partial charge in [0.25, 0.3) is 5.56 Å². The molecule has 0 radical (unpaired) electrons. The Kier molecular flexibility index (Phi) is 2.12. The van der Waals surface area contributed by atoms with Crippen molar-refractivity contribution in [2.75, 3.05) is 0 Å². The number of pyridine rings is 1. The van der Waals surface area contributed by atoms with Crippen LogP contribution < -0.4 is 5.56 Å². The van der Waals surface area contributed by atoms with E-state index in [9.17, 15) is 9.59 Å². The Morgan fingerprint density at radius 2 is 1.94 bits per heavy atom. The first-order valence-electron chi connectivity index (χ1n) is 5.21. The minimum absolute atomic E-state index is 0.105. The number of fused-ring (bicyclic) bond motifs is 3. The Morgan fingerprint density at radius 3 is 2.65 bits per heavy atom. The standard InChI is InChI=1S/C13H9NO2S/c1-7-10(6-15)17-12-8-4-2-3-5-9(8)13(16)14-11(7)12/h2-6H,1H3,(H,14,16). The molecular formula is C13H9NO2S. The Labute approximate surface area is 101 Å². The van der Waals surface area contributed by atoms with Gasteiger partial charge in [0.15, 0.2) is 6.29 Å². The zero-order valence-electron chi connectivity index (χ0n) is 9.11. The summed E-state index contributed by atoms with van der Waals surface area (Å²) >= 11 is 1.42. The SMILES string of the molecule is Cc1c(C=O)sc2c1[nH]c(=O)c1ccccc12. The molecule has 1 aromatic carbocycles. The van der Waals surface area contributed by atoms with Gasteiger partial charge < -0.3 is 4.98 Å². The summed E-state index contributed by atoms with van der Waals surface area (Å²) in [6, 6.07) is 7.45. The molecule has 0 aliphatic rings. The van der Waals surface area contributed by atoms with Gasteiger partial charge in [0.1, 0.15) is 0 Å². The van der Waals surface area contributed by atoms with Gasteiger partial charge in [-0.2, -0.15) is 0 Å². The number of thiophene rings is 1. The van der Waals surface area contributed by atoms with Crippen molar-refractivity contribution < 1.29 is 4.79 Å². The summed E-state index contributed by atoms with van der Waals surface area (Å²) < 4.78 is 0.972. The van der Waals surface area contributed by atoms with E-state index < -0.39 is 0 Å². The number of benzene rings is 1. The van der Waals surface area contributed by atoms with Crippen LogP contribution in [-0.2, 0) is 0 Å². The molecule has 0 bridgehead atoms. The predicted octanol–water partition coefficient (Wildman–Crippen LogP) is 2.86. The number of rotatable bonds is 1. The van der Waals surface area contributed by atoms with Gasteiger partial charge in [-0.1, -0.05) is 18.2 Å². The van der Waals surface area contributed by atoms with Gasteiger partial charge in [-0.25, -0.2) is 0 Å². The van der Waals surface area contributed by atoms with Crippen molar-refractivity contribution in [3.8, 4) is 0 Å². The maximum Gasteiger partial charge on any atom is 0.256 e. The fourth-order valence-corrected chi connectivity index (χ4v) is 3.16. The minimum Gasteiger partial charge on any atom is -0.320 e. The van der Waals surface area contributed by atoms with Crippen LogP contribution in [0.3, 0.4) is 0 Å². The Bertz CT molecular complexity index is 798. The topological polar surface area (TPSA) is 49.9 Å². The van der Waals surface area contributed by atoms with Gasteiger partial charge >= 0.3 is 0 Å². The van der Waals surface area contributed by atoms with Crippen LogP contribution in [0.1, 0.15) is 15.2 Å². The highest BCUT2D eigenvalue weighted by molar-refractivity contribution is 7.21. The Balaban J connectivity index is 2.65. The molecule has 0 atom stereocenters. The average Bonchev–Trinajstić information content (AvgIpc) is 2.67. The van der Waals surface area contributed by atoms with E-state index in [1.165, 1.54) is 11.3 Å². The van der Waals surface area contributed by atoms with Crippen molar-refractivity contribution in [3.05, 3.63) is 45.1 Å². The van der Waals surface area contributed by atoms with E-state index >= 15 is 0 Å². The lowest BCUT2D eigenvalue weighted by Gasteiger charge is -1.98. The third-order valence-corrected chi connectivity index (χ3v) is 4.20. The van der Waals surface area contributed by atoms with Crippen LogP contribution in [0.25, 0.3) is 21.0 Å². The maximum absolute atomic E-state index is 11.9. The second kappa shape index (κ2) is 3.53. The Morgan fingerprint density at radius 1 is 1.24 bits per heavy atom. The van der Waals surface area contributed by atoms with E-state index in [-0.39, 0.29) is 5.56 Å². The first kappa shape index (κ1) is 10.2. The molecule has 0 saturated heterocycles. The third kappa shape index (κ3) is 1.34. The summed E-state index contributed by atoms with van der Waals surface area (Å²) in [6.07, 6.45) is 0.840. The molecule has 0 spiro atoms. The highest BCUT2D eigenvalue weighted by atomic mass is 32.1. The molecule has 4 heteroatoms. The number of aldehydes is 1. The summed E-state index contributed by atoms with van der Waals surface area (Å²) in [5.74, 6) is 0. The highest BCUT2D eigenvalue weighted by Crippen LogP contribution is 2.32. The number of aromatic amines is 1. The van der Waals surface area contributed by atoms with Crippen molar-refractivity contribution in [1.82, 2.24) is 4.98 Å². The van der Waals surface area contributed by atoms with Crippen LogP contribution in [-0.4, -0.2) is 11.3 Å². The van der Waals surface area contributed by atoms with Crippen molar-refractivity contribution in [2.45, 2.75) is 6.92 Å². The summed E-state index contributed by atoms with van der Waals surface area (Å²) in [5, 5.41) is 1.58. The normalized spacial score (nSPS) is 11.1. The van der Waals surface area contributed by atoms with Crippen LogP contribution in [0, 0.1) is 6.92 Å². The second-order valence-corrected chi connectivity index (χ2v) is 4.97. The largest absolute Gasteiger partial charge is 0.320 e. The Hall–Kier alpha value is -1.94. The van der Waals surface area contributed by atoms with Crippen LogP contribution in [0.15, 0.2) is 29.1 Å². The van der Waals surface area contributed by atoms with Crippen LogP contribution in [0.4, 0.5) is 0 Å². The quantitative estimate of drug-likeness (QED) is 0.668. The molecule has 0 unspecified atom stereocenters. The first-order valence-corrected chi connectivity index (χ1v) is 6.03. The zero-order valence-corrected chi connectivity index (χ0v) is 9.93. The van der Waals surface area contributed by atoms with E-state index in [0.29, 0.717) is 10.3 Å². The highest BCUT2D eigenvalue weighted by Gasteiger charge is 2.12. The molecule has 3 aromatic rings. The monoisotopic (exact) mass is 243 g/mol. The van der Waals surface area contributed by atoms with Crippen molar-refractivity contribution in [1.29, 1.82) is 0 Å².